The van der Waals surface area contributed by atoms with Crippen molar-refractivity contribution < 1.29 is 19.1 Å². The smallest absolute Gasteiger partial charge is 0.343 e. The third-order valence-corrected chi connectivity index (χ3v) is 6.33. The third-order valence-electron chi connectivity index (χ3n) is 6.33. The van der Waals surface area contributed by atoms with E-state index in [1.807, 2.05) is 18.2 Å². The van der Waals surface area contributed by atoms with Crippen molar-refractivity contribution in [1.82, 2.24) is 4.98 Å². The molecule has 156 valence electrons. The Balaban J connectivity index is 1.42. The van der Waals surface area contributed by atoms with Crippen LogP contribution < -0.4 is 9.64 Å². The van der Waals surface area contributed by atoms with Crippen molar-refractivity contribution in [2.45, 2.75) is 26.2 Å². The highest BCUT2D eigenvalue weighted by molar-refractivity contribution is 6.22. The van der Waals surface area contributed by atoms with Crippen molar-refractivity contribution in [2.75, 3.05) is 4.90 Å². The Morgan fingerprint density at radius 2 is 1.77 bits per heavy atom. The molecule has 1 saturated heterocycles. The number of aromatic nitrogens is 1. The van der Waals surface area contributed by atoms with Crippen LogP contribution in [-0.2, 0) is 9.59 Å². The number of esters is 1. The number of anilines is 1. The first-order valence-corrected chi connectivity index (χ1v) is 10.6. The van der Waals surface area contributed by atoms with Gasteiger partial charge in [0.25, 0.3) is 0 Å². The molecule has 2 heterocycles. The van der Waals surface area contributed by atoms with Gasteiger partial charge < -0.3 is 4.74 Å². The van der Waals surface area contributed by atoms with Crippen LogP contribution in [0.3, 0.4) is 0 Å². The first-order chi connectivity index (χ1) is 15.0. The number of rotatable bonds is 3. The van der Waals surface area contributed by atoms with Crippen LogP contribution in [0, 0.1) is 17.8 Å². The van der Waals surface area contributed by atoms with Gasteiger partial charge in [-0.1, -0.05) is 31.2 Å². The standard InChI is InChI=1S/C25H22N2O4/c1-15-10-11-19-20(13-15)24(29)27(23(19)28)18-8-2-6-17(14-18)25(30)31-21-9-3-5-16-7-4-12-26-22(16)21/h2-9,12,14-15,19-20H,10-11,13H2,1H3. The predicted octanol–water partition coefficient (Wildman–Crippen LogP) is 4.38. The fourth-order valence-corrected chi connectivity index (χ4v) is 4.73. The van der Waals surface area contributed by atoms with E-state index in [2.05, 4.69) is 11.9 Å². The lowest BCUT2D eigenvalue weighted by Gasteiger charge is -2.25. The number of fused-ring (bicyclic) bond motifs is 2. The normalized spacial score (nSPS) is 23.1. The molecule has 2 amide bonds. The second kappa shape index (κ2) is 7.61. The molecule has 6 nitrogen and oxygen atoms in total. The summed E-state index contributed by atoms with van der Waals surface area (Å²) in [6.45, 7) is 2.12. The first kappa shape index (κ1) is 19.4. The summed E-state index contributed by atoms with van der Waals surface area (Å²) in [6, 6.07) is 15.6. The Hall–Kier alpha value is -3.54. The zero-order valence-electron chi connectivity index (χ0n) is 17.2. The van der Waals surface area contributed by atoms with Crippen LogP contribution in [-0.4, -0.2) is 22.8 Å². The molecule has 0 spiro atoms. The van der Waals surface area contributed by atoms with Crippen molar-refractivity contribution >= 4 is 34.4 Å². The number of para-hydroxylation sites is 1. The van der Waals surface area contributed by atoms with Gasteiger partial charge in [0, 0.05) is 11.6 Å². The van der Waals surface area contributed by atoms with Crippen LogP contribution in [0.1, 0.15) is 36.5 Å². The molecule has 2 fully saturated rings. The van der Waals surface area contributed by atoms with Gasteiger partial charge in [-0.25, -0.2) is 4.79 Å². The summed E-state index contributed by atoms with van der Waals surface area (Å²) in [5, 5.41) is 0.867. The van der Waals surface area contributed by atoms with E-state index in [-0.39, 0.29) is 29.2 Å². The Labute approximate surface area is 179 Å². The summed E-state index contributed by atoms with van der Waals surface area (Å²) in [7, 11) is 0. The number of pyridine rings is 1. The van der Waals surface area contributed by atoms with Gasteiger partial charge in [0.1, 0.15) is 5.52 Å². The van der Waals surface area contributed by atoms with Crippen LogP contribution in [0.4, 0.5) is 5.69 Å². The summed E-state index contributed by atoms with van der Waals surface area (Å²) in [5.41, 5.74) is 1.29. The van der Waals surface area contributed by atoms with E-state index in [1.165, 1.54) is 4.90 Å². The van der Waals surface area contributed by atoms with E-state index in [1.54, 1.807) is 42.6 Å². The molecular weight excluding hydrogens is 392 g/mol. The lowest BCUT2D eigenvalue weighted by molar-refractivity contribution is -0.122. The number of carbonyl (C=O) groups is 3. The number of carbonyl (C=O) groups excluding carboxylic acids is 3. The highest BCUT2D eigenvalue weighted by Gasteiger charge is 2.50. The second-order valence-corrected chi connectivity index (χ2v) is 8.41. The van der Waals surface area contributed by atoms with Gasteiger partial charge in [-0.2, -0.15) is 0 Å². The molecule has 1 aliphatic carbocycles. The molecule has 3 aromatic rings. The molecule has 1 aliphatic heterocycles. The fourth-order valence-electron chi connectivity index (χ4n) is 4.73. The maximum Gasteiger partial charge on any atom is 0.343 e. The van der Waals surface area contributed by atoms with Crippen LogP contribution >= 0.6 is 0 Å². The second-order valence-electron chi connectivity index (χ2n) is 8.41. The van der Waals surface area contributed by atoms with E-state index in [0.29, 0.717) is 22.9 Å². The van der Waals surface area contributed by atoms with Gasteiger partial charge in [-0.3, -0.25) is 19.5 Å². The van der Waals surface area contributed by atoms with E-state index in [9.17, 15) is 14.4 Å². The molecule has 0 N–H and O–H groups in total. The van der Waals surface area contributed by atoms with E-state index in [4.69, 9.17) is 4.74 Å². The number of hydrogen-bond acceptors (Lipinski definition) is 5. The Kier molecular flexibility index (Phi) is 4.77. The summed E-state index contributed by atoms with van der Waals surface area (Å²) in [4.78, 5) is 44.4. The van der Waals surface area contributed by atoms with Crippen molar-refractivity contribution in [3.63, 3.8) is 0 Å². The maximum atomic E-state index is 13.0. The van der Waals surface area contributed by atoms with Crippen molar-refractivity contribution in [1.29, 1.82) is 0 Å². The minimum Gasteiger partial charge on any atom is -0.421 e. The van der Waals surface area contributed by atoms with E-state index in [0.717, 1.165) is 24.6 Å². The molecule has 2 aromatic carbocycles. The zero-order chi connectivity index (χ0) is 21.5. The van der Waals surface area contributed by atoms with Gasteiger partial charge in [-0.05, 0) is 55.5 Å². The number of ether oxygens (including phenoxy) is 1. The summed E-state index contributed by atoms with van der Waals surface area (Å²) < 4.78 is 5.60. The van der Waals surface area contributed by atoms with Crippen molar-refractivity contribution in [2.24, 2.45) is 17.8 Å². The molecule has 3 atom stereocenters. The molecule has 1 saturated carbocycles. The molecule has 3 unspecified atom stereocenters. The summed E-state index contributed by atoms with van der Waals surface area (Å²) in [5.74, 6) is -0.591. The average Bonchev–Trinajstić information content (AvgIpc) is 3.03. The maximum absolute atomic E-state index is 13.0. The van der Waals surface area contributed by atoms with Crippen molar-refractivity contribution in [3.8, 4) is 5.75 Å². The molecule has 0 bridgehead atoms. The van der Waals surface area contributed by atoms with Crippen LogP contribution in [0.15, 0.2) is 60.8 Å². The predicted molar refractivity (Wildman–Crippen MR) is 116 cm³/mol. The van der Waals surface area contributed by atoms with Gasteiger partial charge in [-0.15, -0.1) is 0 Å². The first-order valence-electron chi connectivity index (χ1n) is 10.6. The van der Waals surface area contributed by atoms with Gasteiger partial charge >= 0.3 is 5.97 Å². The molecular formula is C25H22N2O4. The molecule has 5 rings (SSSR count). The Morgan fingerprint density at radius 1 is 1.00 bits per heavy atom. The molecule has 1 aromatic heterocycles. The van der Waals surface area contributed by atoms with E-state index < -0.39 is 5.97 Å². The van der Waals surface area contributed by atoms with Gasteiger partial charge in [0.15, 0.2) is 5.75 Å². The fraction of sp³-hybridized carbons (Fsp3) is 0.280. The van der Waals surface area contributed by atoms with E-state index >= 15 is 0 Å². The number of hydrogen-bond donors (Lipinski definition) is 0. The Morgan fingerprint density at radius 3 is 2.65 bits per heavy atom. The highest BCUT2D eigenvalue weighted by Crippen LogP contribution is 2.42. The molecule has 31 heavy (non-hydrogen) atoms. The number of amides is 2. The topological polar surface area (TPSA) is 76.6 Å². The number of benzene rings is 2. The quantitative estimate of drug-likeness (QED) is 0.361. The monoisotopic (exact) mass is 414 g/mol. The molecule has 0 radical (unpaired) electrons. The minimum atomic E-state index is -0.565. The van der Waals surface area contributed by atoms with Gasteiger partial charge in [0.2, 0.25) is 11.8 Å². The summed E-state index contributed by atoms with van der Waals surface area (Å²) >= 11 is 0. The number of imide groups is 1. The van der Waals surface area contributed by atoms with Crippen LogP contribution in [0.5, 0.6) is 5.75 Å². The minimum absolute atomic E-state index is 0.161. The molecule has 2 aliphatic rings. The zero-order valence-corrected chi connectivity index (χ0v) is 17.2. The molecule has 6 heteroatoms. The largest absolute Gasteiger partial charge is 0.421 e. The highest BCUT2D eigenvalue weighted by atomic mass is 16.5. The SMILES string of the molecule is CC1CCC2C(=O)N(c3cccc(C(=O)Oc4cccc5cccnc45)c3)C(=O)C2C1. The van der Waals surface area contributed by atoms with Crippen molar-refractivity contribution in [3.05, 3.63) is 66.4 Å². The Bertz CT molecular complexity index is 1200. The van der Waals surface area contributed by atoms with Crippen LogP contribution in [0.25, 0.3) is 10.9 Å². The average molecular weight is 414 g/mol. The third kappa shape index (κ3) is 3.38. The van der Waals surface area contributed by atoms with Gasteiger partial charge in [0.05, 0.1) is 23.1 Å². The van der Waals surface area contributed by atoms with Crippen LogP contribution in [0.2, 0.25) is 0 Å². The number of nitrogens with zero attached hydrogens (tertiary/aromatic N) is 2. The lowest BCUT2D eigenvalue weighted by atomic mass is 9.76. The lowest BCUT2D eigenvalue weighted by Crippen LogP contribution is -2.31. The summed E-state index contributed by atoms with van der Waals surface area (Å²) in [6.07, 6.45) is 4.08.